The Morgan fingerprint density at radius 2 is 2.19 bits per heavy atom. The van der Waals surface area contributed by atoms with E-state index in [0.717, 1.165) is 22.9 Å². The van der Waals surface area contributed by atoms with E-state index in [2.05, 4.69) is 15.9 Å². The first-order valence-electron chi connectivity index (χ1n) is 5.25. The van der Waals surface area contributed by atoms with Gasteiger partial charge < -0.3 is 5.73 Å². The topological polar surface area (TPSA) is 43.1 Å². The first-order valence-corrected chi connectivity index (χ1v) is 6.42. The molecule has 0 bridgehead atoms. The predicted octanol–water partition coefficient (Wildman–Crippen LogP) is 2.95. The number of nitrogens with two attached hydrogens (primary N) is 1. The molecule has 2 rings (SSSR count). The van der Waals surface area contributed by atoms with Crippen molar-refractivity contribution in [3.8, 4) is 0 Å². The highest BCUT2D eigenvalue weighted by molar-refractivity contribution is 9.10. The van der Waals surface area contributed by atoms with Crippen LogP contribution in [0.4, 0.5) is 0 Å². The molecule has 0 saturated heterocycles. The summed E-state index contributed by atoms with van der Waals surface area (Å²) in [5.74, 6) is 0.222. The third-order valence-electron chi connectivity index (χ3n) is 3.20. The van der Waals surface area contributed by atoms with E-state index in [-0.39, 0.29) is 11.2 Å². The summed E-state index contributed by atoms with van der Waals surface area (Å²) in [6.07, 6.45) is 2.25. The van der Waals surface area contributed by atoms with Crippen molar-refractivity contribution in [1.82, 2.24) is 0 Å². The zero-order valence-electron chi connectivity index (χ0n) is 8.80. The van der Waals surface area contributed by atoms with Crippen molar-refractivity contribution in [3.05, 3.63) is 33.3 Å². The molecule has 0 unspecified atom stereocenters. The first-order chi connectivity index (χ1) is 7.57. The summed E-state index contributed by atoms with van der Waals surface area (Å²) < 4.78 is 0.925. The van der Waals surface area contributed by atoms with Crippen molar-refractivity contribution < 1.29 is 4.79 Å². The lowest BCUT2D eigenvalue weighted by atomic mass is 9.95. The summed E-state index contributed by atoms with van der Waals surface area (Å²) in [5, 5.41) is 0.635. The lowest BCUT2D eigenvalue weighted by Crippen LogP contribution is -2.26. The Morgan fingerprint density at radius 1 is 1.50 bits per heavy atom. The zero-order chi connectivity index (χ0) is 11.8. The molecule has 1 saturated carbocycles. The van der Waals surface area contributed by atoms with Gasteiger partial charge in [-0.3, -0.25) is 4.79 Å². The number of carbonyl (C=O) groups is 1. The van der Waals surface area contributed by atoms with Crippen LogP contribution in [0.3, 0.4) is 0 Å². The highest BCUT2D eigenvalue weighted by Gasteiger charge is 2.47. The molecule has 86 valence electrons. The molecular formula is C12H13BrClNO. The minimum atomic E-state index is -0.240. The lowest BCUT2D eigenvalue weighted by molar-refractivity contribution is -0.123. The fourth-order valence-electron chi connectivity index (χ4n) is 1.77. The van der Waals surface area contributed by atoms with Gasteiger partial charge in [-0.25, -0.2) is 0 Å². The molecule has 0 heterocycles. The molecule has 0 aromatic heterocycles. The van der Waals surface area contributed by atoms with Crippen LogP contribution in [-0.2, 0) is 11.2 Å². The van der Waals surface area contributed by atoms with Crippen LogP contribution < -0.4 is 5.73 Å². The molecular weight excluding hydrogens is 289 g/mol. The summed E-state index contributed by atoms with van der Waals surface area (Å²) in [7, 11) is 0. The van der Waals surface area contributed by atoms with Crippen LogP contribution in [0.25, 0.3) is 0 Å². The van der Waals surface area contributed by atoms with Crippen molar-refractivity contribution in [2.75, 3.05) is 6.54 Å². The van der Waals surface area contributed by atoms with Crippen LogP contribution in [0.5, 0.6) is 0 Å². The van der Waals surface area contributed by atoms with E-state index in [1.54, 1.807) is 0 Å². The molecule has 0 aliphatic heterocycles. The second kappa shape index (κ2) is 4.47. The lowest BCUT2D eigenvalue weighted by Gasteiger charge is -2.11. The Labute approximate surface area is 108 Å². The van der Waals surface area contributed by atoms with Gasteiger partial charge in [-0.2, -0.15) is 0 Å². The number of ketones is 1. The van der Waals surface area contributed by atoms with E-state index in [9.17, 15) is 4.79 Å². The molecule has 2 nitrogen and oxygen atoms in total. The number of benzene rings is 1. The Morgan fingerprint density at radius 3 is 2.69 bits per heavy atom. The fraction of sp³-hybridized carbons (Fsp3) is 0.417. The SMILES string of the molecule is NCC1(C(=O)Cc2ccc(Br)cc2Cl)CC1. The molecule has 1 aromatic carbocycles. The van der Waals surface area contributed by atoms with Gasteiger partial charge >= 0.3 is 0 Å². The van der Waals surface area contributed by atoms with Crippen molar-refractivity contribution >= 4 is 33.3 Å². The van der Waals surface area contributed by atoms with E-state index in [1.165, 1.54) is 0 Å². The minimum absolute atomic E-state index is 0.222. The Bertz CT molecular complexity index is 429. The fourth-order valence-corrected chi connectivity index (χ4v) is 2.51. The average molecular weight is 303 g/mol. The van der Waals surface area contributed by atoms with Gasteiger partial charge in [-0.1, -0.05) is 33.6 Å². The molecule has 0 atom stereocenters. The monoisotopic (exact) mass is 301 g/mol. The third-order valence-corrected chi connectivity index (χ3v) is 4.05. The summed E-state index contributed by atoms with van der Waals surface area (Å²) in [5.41, 5.74) is 6.27. The largest absolute Gasteiger partial charge is 0.329 e. The smallest absolute Gasteiger partial charge is 0.144 e. The maximum atomic E-state index is 12.0. The number of carbonyl (C=O) groups excluding carboxylic acids is 1. The van der Waals surface area contributed by atoms with Crippen LogP contribution in [0, 0.1) is 5.41 Å². The summed E-state index contributed by atoms with van der Waals surface area (Å²) in [4.78, 5) is 12.0. The van der Waals surface area contributed by atoms with Gasteiger partial charge in [0.1, 0.15) is 5.78 Å². The van der Waals surface area contributed by atoms with Gasteiger partial charge in [0.05, 0.1) is 0 Å². The van der Waals surface area contributed by atoms with Crippen LogP contribution in [0.15, 0.2) is 22.7 Å². The Hall–Kier alpha value is -0.380. The Kier molecular flexibility index (Phi) is 3.38. The van der Waals surface area contributed by atoms with Crippen molar-refractivity contribution in [3.63, 3.8) is 0 Å². The molecule has 16 heavy (non-hydrogen) atoms. The molecule has 0 amide bonds. The maximum Gasteiger partial charge on any atom is 0.144 e. The second-order valence-corrected chi connectivity index (χ2v) is 5.64. The standard InChI is InChI=1S/C12H13BrClNO/c13-9-2-1-8(10(14)6-9)5-11(16)12(7-15)3-4-12/h1-2,6H,3-5,7,15H2. The quantitative estimate of drug-likeness (QED) is 0.929. The van der Waals surface area contributed by atoms with Crippen molar-refractivity contribution in [2.45, 2.75) is 19.3 Å². The molecule has 1 aliphatic carbocycles. The molecule has 0 spiro atoms. The molecule has 2 N–H and O–H groups in total. The van der Waals surface area contributed by atoms with Crippen molar-refractivity contribution in [1.29, 1.82) is 0 Å². The van der Waals surface area contributed by atoms with Gasteiger partial charge in [0.25, 0.3) is 0 Å². The maximum absolute atomic E-state index is 12.0. The van der Waals surface area contributed by atoms with E-state index < -0.39 is 0 Å². The molecule has 1 fully saturated rings. The molecule has 0 radical (unpaired) electrons. The summed E-state index contributed by atoms with van der Waals surface area (Å²) in [6, 6.07) is 5.60. The number of Topliss-reactive ketones (excluding diaryl/α,β-unsaturated/α-hetero) is 1. The number of rotatable bonds is 4. The third kappa shape index (κ3) is 2.31. The van der Waals surface area contributed by atoms with Crippen molar-refractivity contribution in [2.24, 2.45) is 11.1 Å². The highest BCUT2D eigenvalue weighted by atomic mass is 79.9. The van der Waals surface area contributed by atoms with E-state index >= 15 is 0 Å². The number of hydrogen-bond donors (Lipinski definition) is 1. The van der Waals surface area contributed by atoms with Crippen LogP contribution in [0.2, 0.25) is 5.02 Å². The highest BCUT2D eigenvalue weighted by Crippen LogP contribution is 2.46. The predicted molar refractivity (Wildman–Crippen MR) is 68.6 cm³/mol. The van der Waals surface area contributed by atoms with Gasteiger partial charge in [-0.05, 0) is 30.5 Å². The summed E-state index contributed by atoms with van der Waals surface area (Å²) in [6.45, 7) is 0.458. The second-order valence-electron chi connectivity index (χ2n) is 4.32. The molecule has 1 aliphatic rings. The van der Waals surface area contributed by atoms with Crippen LogP contribution >= 0.6 is 27.5 Å². The minimum Gasteiger partial charge on any atom is -0.329 e. The van der Waals surface area contributed by atoms with E-state index in [4.69, 9.17) is 17.3 Å². The van der Waals surface area contributed by atoms with E-state index in [1.807, 2.05) is 18.2 Å². The first kappa shape index (κ1) is 12.1. The van der Waals surface area contributed by atoms with Gasteiger partial charge in [0.15, 0.2) is 0 Å². The number of hydrogen-bond acceptors (Lipinski definition) is 2. The number of halogens is 2. The average Bonchev–Trinajstić information content (AvgIpc) is 3.03. The summed E-state index contributed by atoms with van der Waals surface area (Å²) >= 11 is 9.41. The zero-order valence-corrected chi connectivity index (χ0v) is 11.1. The molecule has 1 aromatic rings. The Balaban J connectivity index is 2.12. The molecule has 4 heteroatoms. The van der Waals surface area contributed by atoms with Crippen LogP contribution in [0.1, 0.15) is 18.4 Å². The van der Waals surface area contributed by atoms with Gasteiger partial charge in [0, 0.05) is 27.9 Å². The van der Waals surface area contributed by atoms with E-state index in [0.29, 0.717) is 18.0 Å². The van der Waals surface area contributed by atoms with Gasteiger partial charge in [-0.15, -0.1) is 0 Å². The van der Waals surface area contributed by atoms with Gasteiger partial charge in [0.2, 0.25) is 0 Å². The normalized spacial score (nSPS) is 17.2. The van der Waals surface area contributed by atoms with Crippen LogP contribution in [-0.4, -0.2) is 12.3 Å².